The van der Waals surface area contributed by atoms with E-state index in [9.17, 15) is 0 Å². The van der Waals surface area contributed by atoms with E-state index in [4.69, 9.17) is 5.73 Å². The van der Waals surface area contributed by atoms with Crippen LogP contribution in [0.2, 0.25) is 0 Å². The second-order valence-corrected chi connectivity index (χ2v) is 5.69. The van der Waals surface area contributed by atoms with E-state index >= 15 is 0 Å². The molecule has 0 saturated heterocycles. The molecule has 1 aromatic heterocycles. The highest BCUT2D eigenvalue weighted by molar-refractivity contribution is 7.11. The Bertz CT molecular complexity index is 283. The Morgan fingerprint density at radius 1 is 1.53 bits per heavy atom. The van der Waals surface area contributed by atoms with Gasteiger partial charge in [0.15, 0.2) is 0 Å². The lowest BCUT2D eigenvalue weighted by Gasteiger charge is -2.14. The van der Waals surface area contributed by atoms with Crippen molar-refractivity contribution in [2.45, 2.75) is 39.8 Å². The highest BCUT2D eigenvalue weighted by Crippen LogP contribution is 2.10. The largest absolute Gasteiger partial charge is 0.327 e. The molecule has 0 amide bonds. The zero-order valence-electron chi connectivity index (χ0n) is 9.79. The van der Waals surface area contributed by atoms with Gasteiger partial charge in [-0.05, 0) is 19.3 Å². The molecule has 1 heterocycles. The number of nitrogens with zero attached hydrogens (tertiary/aromatic N) is 1. The Morgan fingerprint density at radius 3 is 2.80 bits per heavy atom. The van der Waals surface area contributed by atoms with E-state index in [0.29, 0.717) is 5.92 Å². The number of rotatable bonds is 6. The highest BCUT2D eigenvalue weighted by atomic mass is 32.1. The van der Waals surface area contributed by atoms with Crippen molar-refractivity contribution in [1.29, 1.82) is 0 Å². The van der Waals surface area contributed by atoms with Crippen molar-refractivity contribution in [3.8, 4) is 0 Å². The van der Waals surface area contributed by atoms with Gasteiger partial charge in [0, 0.05) is 30.2 Å². The summed E-state index contributed by atoms with van der Waals surface area (Å²) in [6, 6.07) is 0.263. The minimum Gasteiger partial charge on any atom is -0.327 e. The van der Waals surface area contributed by atoms with Crippen molar-refractivity contribution in [2.24, 2.45) is 11.7 Å². The lowest BCUT2D eigenvalue weighted by molar-refractivity contribution is 0.468. The average Bonchev–Trinajstić information content (AvgIpc) is 2.50. The fourth-order valence-electron chi connectivity index (χ4n) is 1.56. The van der Waals surface area contributed by atoms with Crippen LogP contribution in [-0.2, 0) is 6.54 Å². The molecule has 86 valence electrons. The van der Waals surface area contributed by atoms with E-state index in [2.05, 4.69) is 24.1 Å². The molecule has 0 fully saturated rings. The molecule has 0 aliphatic heterocycles. The molecule has 1 rings (SSSR count). The van der Waals surface area contributed by atoms with Gasteiger partial charge in [0.1, 0.15) is 0 Å². The normalized spacial score (nSPS) is 13.4. The Hall–Kier alpha value is -0.450. The van der Waals surface area contributed by atoms with E-state index in [1.165, 1.54) is 4.88 Å². The Labute approximate surface area is 96.1 Å². The van der Waals surface area contributed by atoms with E-state index < -0.39 is 0 Å². The molecular weight excluding hydrogens is 206 g/mol. The van der Waals surface area contributed by atoms with Gasteiger partial charge in [0.2, 0.25) is 0 Å². The quantitative estimate of drug-likeness (QED) is 0.780. The van der Waals surface area contributed by atoms with Crippen LogP contribution in [-0.4, -0.2) is 17.6 Å². The summed E-state index contributed by atoms with van der Waals surface area (Å²) < 4.78 is 0. The number of aryl methyl sites for hydroxylation is 1. The van der Waals surface area contributed by atoms with Gasteiger partial charge >= 0.3 is 0 Å². The minimum absolute atomic E-state index is 0.263. The second-order valence-electron chi connectivity index (χ2n) is 4.37. The summed E-state index contributed by atoms with van der Waals surface area (Å²) in [5.74, 6) is 0.674. The first kappa shape index (κ1) is 12.6. The predicted octanol–water partition coefficient (Wildman–Crippen LogP) is 1.91. The van der Waals surface area contributed by atoms with Crippen LogP contribution in [0, 0.1) is 12.8 Å². The Balaban J connectivity index is 2.16. The van der Waals surface area contributed by atoms with Crippen LogP contribution < -0.4 is 11.1 Å². The zero-order valence-corrected chi connectivity index (χ0v) is 10.6. The lowest BCUT2D eigenvalue weighted by Crippen LogP contribution is -2.34. The van der Waals surface area contributed by atoms with Crippen LogP contribution in [0.1, 0.15) is 30.2 Å². The van der Waals surface area contributed by atoms with E-state index in [1.807, 2.05) is 13.1 Å². The van der Waals surface area contributed by atoms with Crippen LogP contribution in [0.15, 0.2) is 6.20 Å². The number of nitrogens with one attached hydrogen (secondary N) is 1. The monoisotopic (exact) mass is 227 g/mol. The molecule has 0 aliphatic carbocycles. The maximum absolute atomic E-state index is 5.97. The fourth-order valence-corrected chi connectivity index (χ4v) is 2.32. The maximum Gasteiger partial charge on any atom is 0.0897 e. The molecule has 0 radical (unpaired) electrons. The third-order valence-corrected chi connectivity index (χ3v) is 3.06. The first-order chi connectivity index (χ1) is 7.08. The molecule has 0 aliphatic rings. The first-order valence-electron chi connectivity index (χ1n) is 5.45. The second kappa shape index (κ2) is 6.20. The summed E-state index contributed by atoms with van der Waals surface area (Å²) in [5, 5.41) is 4.49. The molecule has 1 aromatic rings. The molecule has 0 aromatic carbocycles. The smallest absolute Gasteiger partial charge is 0.0897 e. The van der Waals surface area contributed by atoms with Crippen LogP contribution in [0.3, 0.4) is 0 Å². The van der Waals surface area contributed by atoms with Crippen molar-refractivity contribution in [1.82, 2.24) is 10.3 Å². The third-order valence-electron chi connectivity index (χ3n) is 2.15. The van der Waals surface area contributed by atoms with Crippen molar-refractivity contribution >= 4 is 11.3 Å². The SMILES string of the molecule is Cc1ncc(CNCC(N)CC(C)C)s1. The van der Waals surface area contributed by atoms with Crippen molar-refractivity contribution in [3.05, 3.63) is 16.1 Å². The first-order valence-corrected chi connectivity index (χ1v) is 6.27. The van der Waals surface area contributed by atoms with Gasteiger partial charge in [-0.1, -0.05) is 13.8 Å². The highest BCUT2D eigenvalue weighted by Gasteiger charge is 2.05. The Kier molecular flexibility index (Phi) is 5.22. The van der Waals surface area contributed by atoms with Gasteiger partial charge in [-0.15, -0.1) is 11.3 Å². The third kappa shape index (κ3) is 5.25. The van der Waals surface area contributed by atoms with Crippen LogP contribution in [0.25, 0.3) is 0 Å². The lowest BCUT2D eigenvalue weighted by atomic mass is 10.0. The van der Waals surface area contributed by atoms with Gasteiger partial charge in [0.05, 0.1) is 5.01 Å². The summed E-state index contributed by atoms with van der Waals surface area (Å²) in [6.07, 6.45) is 3.01. The Morgan fingerprint density at radius 2 is 2.27 bits per heavy atom. The molecule has 0 bridgehead atoms. The molecule has 4 heteroatoms. The average molecular weight is 227 g/mol. The van der Waals surface area contributed by atoms with Gasteiger partial charge in [0.25, 0.3) is 0 Å². The number of aromatic nitrogens is 1. The molecule has 0 spiro atoms. The number of hydrogen-bond donors (Lipinski definition) is 2. The van der Waals surface area contributed by atoms with Gasteiger partial charge < -0.3 is 11.1 Å². The van der Waals surface area contributed by atoms with Gasteiger partial charge in [-0.2, -0.15) is 0 Å². The molecular formula is C11H21N3S. The number of thiazole rings is 1. The van der Waals surface area contributed by atoms with Crippen molar-refractivity contribution < 1.29 is 0 Å². The maximum atomic E-state index is 5.97. The van der Waals surface area contributed by atoms with Crippen LogP contribution in [0.5, 0.6) is 0 Å². The summed E-state index contributed by atoms with van der Waals surface area (Å²) in [6.45, 7) is 8.20. The van der Waals surface area contributed by atoms with E-state index in [-0.39, 0.29) is 6.04 Å². The summed E-state index contributed by atoms with van der Waals surface area (Å²) in [7, 11) is 0. The molecule has 1 atom stereocenters. The molecule has 1 unspecified atom stereocenters. The van der Waals surface area contributed by atoms with Gasteiger partial charge in [-0.3, -0.25) is 0 Å². The number of nitrogens with two attached hydrogens (primary N) is 1. The van der Waals surface area contributed by atoms with Crippen molar-refractivity contribution in [3.63, 3.8) is 0 Å². The van der Waals surface area contributed by atoms with Crippen LogP contribution in [0.4, 0.5) is 0 Å². The van der Waals surface area contributed by atoms with Crippen LogP contribution >= 0.6 is 11.3 Å². The fraction of sp³-hybridized carbons (Fsp3) is 0.727. The topological polar surface area (TPSA) is 50.9 Å². The standard InChI is InChI=1S/C11H21N3S/c1-8(2)4-10(12)5-13-6-11-7-14-9(3)15-11/h7-8,10,13H,4-6,12H2,1-3H3. The van der Waals surface area contributed by atoms with E-state index in [1.54, 1.807) is 11.3 Å². The molecule has 0 saturated carbocycles. The van der Waals surface area contributed by atoms with E-state index in [0.717, 1.165) is 24.5 Å². The predicted molar refractivity (Wildman–Crippen MR) is 66.0 cm³/mol. The number of hydrogen-bond acceptors (Lipinski definition) is 4. The van der Waals surface area contributed by atoms with Gasteiger partial charge in [-0.25, -0.2) is 4.98 Å². The van der Waals surface area contributed by atoms with Crippen molar-refractivity contribution in [2.75, 3.05) is 6.54 Å². The summed E-state index contributed by atoms with van der Waals surface area (Å²) in [4.78, 5) is 5.49. The molecule has 3 N–H and O–H groups in total. The zero-order chi connectivity index (χ0) is 11.3. The molecule has 15 heavy (non-hydrogen) atoms. The summed E-state index contributed by atoms with van der Waals surface area (Å²) >= 11 is 1.74. The summed E-state index contributed by atoms with van der Waals surface area (Å²) in [5.41, 5.74) is 5.97. The minimum atomic E-state index is 0.263. The molecule has 3 nitrogen and oxygen atoms in total.